The average Bonchev–Trinajstić information content (AvgIpc) is 2.95. The van der Waals surface area contributed by atoms with Crippen molar-refractivity contribution in [3.05, 3.63) is 23.5 Å². The number of nitrogen functional groups attached to an aromatic ring is 1. The second-order valence-corrected chi connectivity index (χ2v) is 6.14. The van der Waals surface area contributed by atoms with Gasteiger partial charge in [0, 0.05) is 16.8 Å². The first-order valence-electron chi connectivity index (χ1n) is 7.36. The van der Waals surface area contributed by atoms with Gasteiger partial charge in [-0.1, -0.05) is 19.3 Å². The number of anilines is 1. The molecule has 3 rings (SSSR count). The van der Waals surface area contributed by atoms with Crippen LogP contribution < -0.4 is 5.73 Å². The lowest BCUT2D eigenvalue weighted by atomic mass is 9.83. The Morgan fingerprint density at radius 1 is 1.24 bits per heavy atom. The normalized spacial score (nSPS) is 17.9. The zero-order valence-electron chi connectivity index (χ0n) is 12.4. The minimum Gasteiger partial charge on any atom is -0.398 e. The number of tetrazole rings is 1. The Balaban J connectivity index is 2.07. The summed E-state index contributed by atoms with van der Waals surface area (Å²) in [5, 5.41) is 12.1. The van der Waals surface area contributed by atoms with E-state index >= 15 is 0 Å². The number of hydrogen-bond acceptors (Lipinski definition) is 4. The zero-order chi connectivity index (χ0) is 15.0. The smallest absolute Gasteiger partial charge is 0.182 e. The van der Waals surface area contributed by atoms with Crippen LogP contribution in [0, 0.1) is 12.7 Å². The van der Waals surface area contributed by atoms with Gasteiger partial charge < -0.3 is 5.73 Å². The SMILES string of the molecule is Cc1c(N)cc(-c2nnnn2C2(C)CCCCC2)cc1F. The van der Waals surface area contributed by atoms with Crippen molar-refractivity contribution in [3.8, 4) is 11.4 Å². The first-order chi connectivity index (χ1) is 10.0. The van der Waals surface area contributed by atoms with Gasteiger partial charge in [0.1, 0.15) is 5.82 Å². The van der Waals surface area contributed by atoms with E-state index in [4.69, 9.17) is 5.73 Å². The third-order valence-electron chi connectivity index (χ3n) is 4.55. The van der Waals surface area contributed by atoms with E-state index in [-0.39, 0.29) is 11.4 Å². The standard InChI is InChI=1S/C15H20FN5/c1-10-12(16)8-11(9-13(10)17)14-18-19-20-21(14)15(2)6-4-3-5-7-15/h8-9H,3-7,17H2,1-2H3. The molecule has 1 heterocycles. The predicted octanol–water partition coefficient (Wildman–Crippen LogP) is 3.05. The number of benzene rings is 1. The highest BCUT2D eigenvalue weighted by Gasteiger charge is 2.32. The van der Waals surface area contributed by atoms with E-state index < -0.39 is 0 Å². The summed E-state index contributed by atoms with van der Waals surface area (Å²) < 4.78 is 15.8. The van der Waals surface area contributed by atoms with Crippen LogP contribution >= 0.6 is 0 Å². The molecule has 0 aliphatic heterocycles. The van der Waals surface area contributed by atoms with E-state index in [1.54, 1.807) is 13.0 Å². The Morgan fingerprint density at radius 3 is 2.62 bits per heavy atom. The van der Waals surface area contributed by atoms with Crippen molar-refractivity contribution >= 4 is 5.69 Å². The van der Waals surface area contributed by atoms with Gasteiger partial charge in [-0.2, -0.15) is 0 Å². The molecule has 0 saturated heterocycles. The van der Waals surface area contributed by atoms with Crippen molar-refractivity contribution in [2.45, 2.75) is 51.5 Å². The maximum atomic E-state index is 13.9. The largest absolute Gasteiger partial charge is 0.398 e. The third-order valence-corrected chi connectivity index (χ3v) is 4.55. The monoisotopic (exact) mass is 289 g/mol. The molecule has 1 saturated carbocycles. The summed E-state index contributed by atoms with van der Waals surface area (Å²) in [5.41, 5.74) is 7.28. The molecule has 112 valence electrons. The molecule has 1 aromatic heterocycles. The van der Waals surface area contributed by atoms with E-state index in [1.807, 2.05) is 4.68 Å². The van der Waals surface area contributed by atoms with E-state index in [0.717, 1.165) is 12.8 Å². The van der Waals surface area contributed by atoms with Crippen LogP contribution in [-0.4, -0.2) is 20.2 Å². The number of aromatic nitrogens is 4. The van der Waals surface area contributed by atoms with Gasteiger partial charge in [0.2, 0.25) is 0 Å². The van der Waals surface area contributed by atoms with Gasteiger partial charge in [-0.05, 0) is 49.2 Å². The molecule has 0 spiro atoms. The second kappa shape index (κ2) is 5.09. The van der Waals surface area contributed by atoms with Crippen LogP contribution in [0.15, 0.2) is 12.1 Å². The van der Waals surface area contributed by atoms with Crippen molar-refractivity contribution in [2.24, 2.45) is 0 Å². The highest BCUT2D eigenvalue weighted by molar-refractivity contribution is 5.64. The number of rotatable bonds is 2. The van der Waals surface area contributed by atoms with Crippen LogP contribution in [0.2, 0.25) is 0 Å². The minimum absolute atomic E-state index is 0.104. The lowest BCUT2D eigenvalue weighted by Gasteiger charge is -2.34. The highest BCUT2D eigenvalue weighted by Crippen LogP contribution is 2.36. The van der Waals surface area contributed by atoms with Gasteiger partial charge in [-0.25, -0.2) is 9.07 Å². The Morgan fingerprint density at radius 2 is 1.95 bits per heavy atom. The van der Waals surface area contributed by atoms with Crippen LogP contribution in [0.25, 0.3) is 11.4 Å². The molecular formula is C15H20FN5. The average molecular weight is 289 g/mol. The van der Waals surface area contributed by atoms with Crippen molar-refractivity contribution in [2.75, 3.05) is 5.73 Å². The van der Waals surface area contributed by atoms with Gasteiger partial charge in [0.15, 0.2) is 5.82 Å². The van der Waals surface area contributed by atoms with Gasteiger partial charge in [-0.3, -0.25) is 0 Å². The van der Waals surface area contributed by atoms with E-state index in [2.05, 4.69) is 22.4 Å². The molecule has 21 heavy (non-hydrogen) atoms. The Kier molecular flexibility index (Phi) is 3.39. The van der Waals surface area contributed by atoms with Crippen LogP contribution in [0.4, 0.5) is 10.1 Å². The Hall–Kier alpha value is -1.98. The van der Waals surface area contributed by atoms with E-state index in [9.17, 15) is 4.39 Å². The zero-order valence-corrected chi connectivity index (χ0v) is 12.4. The second-order valence-electron chi connectivity index (χ2n) is 6.14. The van der Waals surface area contributed by atoms with Gasteiger partial charge in [0.25, 0.3) is 0 Å². The van der Waals surface area contributed by atoms with Gasteiger partial charge in [0.05, 0.1) is 5.54 Å². The van der Waals surface area contributed by atoms with Crippen molar-refractivity contribution in [1.82, 2.24) is 20.2 Å². The van der Waals surface area contributed by atoms with Crippen LogP contribution in [0.3, 0.4) is 0 Å². The molecule has 0 amide bonds. The van der Waals surface area contributed by atoms with Crippen LogP contribution in [0.1, 0.15) is 44.6 Å². The molecular weight excluding hydrogens is 269 g/mol. The molecule has 0 bridgehead atoms. The lowest BCUT2D eigenvalue weighted by Crippen LogP contribution is -2.34. The molecule has 5 nitrogen and oxygen atoms in total. The third kappa shape index (κ3) is 2.39. The predicted molar refractivity (Wildman–Crippen MR) is 79.1 cm³/mol. The molecule has 0 atom stereocenters. The van der Waals surface area contributed by atoms with E-state index in [0.29, 0.717) is 22.6 Å². The molecule has 0 radical (unpaired) electrons. The molecule has 1 aromatic carbocycles. The maximum absolute atomic E-state index is 13.9. The van der Waals surface area contributed by atoms with Crippen molar-refractivity contribution < 1.29 is 4.39 Å². The molecule has 1 aliphatic carbocycles. The topological polar surface area (TPSA) is 69.6 Å². The van der Waals surface area contributed by atoms with Gasteiger partial charge in [-0.15, -0.1) is 5.10 Å². The maximum Gasteiger partial charge on any atom is 0.182 e. The summed E-state index contributed by atoms with van der Waals surface area (Å²) in [6.45, 7) is 3.83. The van der Waals surface area contributed by atoms with Crippen LogP contribution in [0.5, 0.6) is 0 Å². The summed E-state index contributed by atoms with van der Waals surface area (Å²) in [7, 11) is 0. The fraction of sp³-hybridized carbons (Fsp3) is 0.533. The minimum atomic E-state index is -0.326. The van der Waals surface area contributed by atoms with Crippen molar-refractivity contribution in [1.29, 1.82) is 0 Å². The molecule has 1 aliphatic rings. The molecule has 1 fully saturated rings. The number of hydrogen-bond donors (Lipinski definition) is 1. The molecule has 2 N–H and O–H groups in total. The summed E-state index contributed by atoms with van der Waals surface area (Å²) in [6, 6.07) is 3.20. The van der Waals surface area contributed by atoms with Crippen LogP contribution in [-0.2, 0) is 5.54 Å². The molecule has 6 heteroatoms. The molecule has 2 aromatic rings. The highest BCUT2D eigenvalue weighted by atomic mass is 19.1. The lowest BCUT2D eigenvalue weighted by molar-refractivity contribution is 0.197. The first-order valence-corrected chi connectivity index (χ1v) is 7.36. The fourth-order valence-corrected chi connectivity index (χ4v) is 3.09. The summed E-state index contributed by atoms with van der Waals surface area (Å²) in [4.78, 5) is 0. The summed E-state index contributed by atoms with van der Waals surface area (Å²) in [5.74, 6) is 0.262. The Bertz CT molecular complexity index is 635. The van der Waals surface area contributed by atoms with Crippen molar-refractivity contribution in [3.63, 3.8) is 0 Å². The first kappa shape index (κ1) is 14.0. The summed E-state index contributed by atoms with van der Waals surface area (Å²) >= 11 is 0. The number of nitrogens with zero attached hydrogens (tertiary/aromatic N) is 4. The summed E-state index contributed by atoms with van der Waals surface area (Å²) in [6.07, 6.45) is 5.66. The Labute approximate surface area is 123 Å². The fourth-order valence-electron chi connectivity index (χ4n) is 3.09. The van der Waals surface area contributed by atoms with Gasteiger partial charge >= 0.3 is 0 Å². The number of nitrogens with two attached hydrogens (primary N) is 1. The van der Waals surface area contributed by atoms with E-state index in [1.165, 1.54) is 25.3 Å². The molecule has 0 unspecified atom stereocenters. The quantitative estimate of drug-likeness (QED) is 0.863. The number of halogens is 1.